The van der Waals surface area contributed by atoms with Crippen LogP contribution in [0.3, 0.4) is 0 Å². The number of nitrogens with one attached hydrogen (secondary N) is 1. The van der Waals surface area contributed by atoms with Gasteiger partial charge in [0.1, 0.15) is 17.2 Å². The van der Waals surface area contributed by atoms with Crippen molar-refractivity contribution >= 4 is 22.9 Å². The van der Waals surface area contributed by atoms with E-state index in [1.54, 1.807) is 49.3 Å². The molecule has 0 aromatic heterocycles. The van der Waals surface area contributed by atoms with Crippen LogP contribution in [0.1, 0.15) is 45.5 Å². The van der Waals surface area contributed by atoms with Crippen LogP contribution in [0.4, 0.5) is 11.4 Å². The first-order valence-electron chi connectivity index (χ1n) is 13.6. The van der Waals surface area contributed by atoms with Gasteiger partial charge in [-0.05, 0) is 58.8 Å². The van der Waals surface area contributed by atoms with E-state index in [4.69, 9.17) is 16.7 Å². The van der Waals surface area contributed by atoms with Crippen molar-refractivity contribution in [3.63, 3.8) is 0 Å². The molecule has 43 heavy (non-hydrogen) atoms. The van der Waals surface area contributed by atoms with Gasteiger partial charge in [0.2, 0.25) is 11.4 Å². The number of anilines is 1. The predicted molar refractivity (Wildman–Crippen MR) is 158 cm³/mol. The highest BCUT2D eigenvalue weighted by atomic mass is 16.4. The second-order valence-corrected chi connectivity index (χ2v) is 11.6. The number of carbonyl (C=O) groups excluding carboxylic acids is 2. The van der Waals surface area contributed by atoms with Gasteiger partial charge in [-0.1, -0.05) is 18.7 Å². The summed E-state index contributed by atoms with van der Waals surface area (Å²) in [6.45, 7) is 4.05. The van der Waals surface area contributed by atoms with Crippen LogP contribution in [0.2, 0.25) is 0 Å². The van der Waals surface area contributed by atoms with E-state index in [9.17, 15) is 29.8 Å². The van der Waals surface area contributed by atoms with Gasteiger partial charge in [-0.25, -0.2) is 0 Å². The van der Waals surface area contributed by atoms with Gasteiger partial charge in [0, 0.05) is 50.6 Å². The van der Waals surface area contributed by atoms with Crippen molar-refractivity contribution < 1.29 is 24.9 Å². The summed E-state index contributed by atoms with van der Waals surface area (Å²) < 4.78 is 0. The van der Waals surface area contributed by atoms with Crippen molar-refractivity contribution in [2.45, 2.75) is 43.5 Å². The first kappa shape index (κ1) is 29.7. The summed E-state index contributed by atoms with van der Waals surface area (Å²) in [5, 5.41) is 49.3. The molecular weight excluding hydrogens is 552 g/mol. The smallest absolute Gasteiger partial charge is 0.209 e. The first-order valence-corrected chi connectivity index (χ1v) is 13.6. The minimum Gasteiger partial charge on any atom is -0.511 e. The molecule has 0 saturated carbocycles. The monoisotopic (exact) mass is 584 g/mol. The van der Waals surface area contributed by atoms with Crippen molar-refractivity contribution in [2.75, 3.05) is 19.0 Å². The Morgan fingerprint density at radius 1 is 1.23 bits per heavy atom. The molecule has 3 aliphatic carbocycles. The zero-order valence-corrected chi connectivity index (χ0v) is 23.8. The third kappa shape index (κ3) is 4.40. The van der Waals surface area contributed by atoms with Gasteiger partial charge in [-0.3, -0.25) is 9.59 Å². The lowest BCUT2D eigenvalue weighted by Gasteiger charge is -2.52. The van der Waals surface area contributed by atoms with Crippen LogP contribution < -0.4 is 21.7 Å². The Labute approximate surface area is 247 Å². The number of nitrogens with zero attached hydrogens (tertiary/aromatic N) is 3. The van der Waals surface area contributed by atoms with E-state index in [0.717, 1.165) is 5.56 Å². The van der Waals surface area contributed by atoms with Crippen molar-refractivity contribution in [1.29, 1.82) is 5.26 Å². The summed E-state index contributed by atoms with van der Waals surface area (Å²) in [7, 11) is 3.58. The zero-order chi connectivity index (χ0) is 31.4. The summed E-state index contributed by atoms with van der Waals surface area (Å²) in [5.74, 6) is -4.01. The summed E-state index contributed by atoms with van der Waals surface area (Å²) in [6.07, 6.45) is -0.361. The van der Waals surface area contributed by atoms with Crippen molar-refractivity contribution in [1.82, 2.24) is 5.32 Å². The Balaban J connectivity index is 1.59. The number of hydrogen-bond acceptors (Lipinski definition) is 12. The number of aliphatic hydroxyl groups excluding tert-OH is 2. The Morgan fingerprint density at radius 3 is 2.49 bits per heavy atom. The maximum absolute atomic E-state index is 14.2. The summed E-state index contributed by atoms with van der Waals surface area (Å²) >= 11 is 0. The second kappa shape index (κ2) is 10.5. The van der Waals surface area contributed by atoms with Crippen LogP contribution in [0, 0.1) is 22.2 Å². The number of carbonyl (C=O) groups is 2. The molecule has 3 atom stereocenters. The van der Waals surface area contributed by atoms with E-state index >= 15 is 0 Å². The van der Waals surface area contributed by atoms with Gasteiger partial charge in [-0.2, -0.15) is 5.26 Å². The number of ketones is 2. The average Bonchev–Trinajstić information content (AvgIpc) is 2.95. The minimum absolute atomic E-state index is 0.0209. The number of allylic oxidation sites excluding steroid dienone is 2. The maximum Gasteiger partial charge on any atom is 0.209 e. The first-order chi connectivity index (χ1) is 20.3. The molecule has 0 amide bonds. The van der Waals surface area contributed by atoms with Crippen LogP contribution in [0.25, 0.3) is 0 Å². The Kier molecular flexibility index (Phi) is 7.22. The fourth-order valence-corrected chi connectivity index (χ4v) is 6.61. The summed E-state index contributed by atoms with van der Waals surface area (Å²) in [6, 6.07) is 10.8. The number of benzene rings is 2. The van der Waals surface area contributed by atoms with Gasteiger partial charge in [0.15, 0.2) is 5.78 Å². The average molecular weight is 585 g/mol. The fraction of sp³-hybridized carbons (Fsp3) is 0.323. The molecule has 5 rings (SSSR count). The van der Waals surface area contributed by atoms with Gasteiger partial charge in [-0.15, -0.1) is 4.91 Å². The molecule has 0 radical (unpaired) electrons. The van der Waals surface area contributed by atoms with E-state index in [-0.39, 0.29) is 48.3 Å². The number of rotatable bonds is 7. The van der Waals surface area contributed by atoms with Gasteiger partial charge in [0.05, 0.1) is 28.3 Å². The molecular formula is C31H32N6O6. The number of nitrogens with two attached hydrogens (primary N) is 2. The molecule has 8 N–H and O–H groups in total. The number of Topliss-reactive ketones (excluding diaryl/α,β-unsaturated/α-hetero) is 2. The molecule has 3 aliphatic rings. The van der Waals surface area contributed by atoms with E-state index in [0.29, 0.717) is 28.9 Å². The van der Waals surface area contributed by atoms with Crippen LogP contribution in [-0.4, -0.2) is 52.1 Å². The highest BCUT2D eigenvalue weighted by Crippen LogP contribution is 2.54. The van der Waals surface area contributed by atoms with Crippen molar-refractivity contribution in [3.05, 3.63) is 98.0 Å². The van der Waals surface area contributed by atoms with Crippen LogP contribution in [0.5, 0.6) is 0 Å². The Morgan fingerprint density at radius 2 is 1.91 bits per heavy atom. The molecule has 0 bridgehead atoms. The normalized spacial score (nSPS) is 24.6. The van der Waals surface area contributed by atoms with E-state index in [1.165, 1.54) is 0 Å². The quantitative estimate of drug-likeness (QED) is 0.260. The fourth-order valence-electron chi connectivity index (χ4n) is 6.61. The lowest BCUT2D eigenvalue weighted by Crippen LogP contribution is -2.71. The summed E-state index contributed by atoms with van der Waals surface area (Å²) in [4.78, 5) is 41.7. The minimum atomic E-state index is -2.75. The molecule has 12 heteroatoms. The SMILES string of the molecule is C=C(N)C1=C(O)C[C@]2(N)CC3Cc4c(N(C)C)cc(CNCc5ccc(C#N)cc5)c(N=O)c4C(=O)C3=C(O)[C@]2(O)C1=O. The topological polar surface area (TPSA) is 215 Å². The lowest BCUT2D eigenvalue weighted by molar-refractivity contribution is -0.145. The molecule has 0 fully saturated rings. The number of nitriles is 1. The molecule has 0 aliphatic heterocycles. The van der Waals surface area contributed by atoms with Gasteiger partial charge in [0.25, 0.3) is 0 Å². The lowest BCUT2D eigenvalue weighted by atomic mass is 9.56. The zero-order valence-electron chi connectivity index (χ0n) is 23.8. The number of aliphatic hydroxyl groups is 3. The third-order valence-corrected chi connectivity index (χ3v) is 8.67. The second-order valence-electron chi connectivity index (χ2n) is 11.6. The van der Waals surface area contributed by atoms with Crippen LogP contribution in [0.15, 0.2) is 70.4 Å². The molecule has 0 heterocycles. The third-order valence-electron chi connectivity index (χ3n) is 8.67. The molecule has 0 spiro atoms. The molecule has 12 nitrogen and oxygen atoms in total. The predicted octanol–water partition coefficient (Wildman–Crippen LogP) is 2.57. The van der Waals surface area contributed by atoms with Gasteiger partial charge < -0.3 is 37.0 Å². The molecule has 1 unspecified atom stereocenters. The largest absolute Gasteiger partial charge is 0.511 e. The number of hydrogen-bond donors (Lipinski definition) is 6. The van der Waals surface area contributed by atoms with E-state index in [1.807, 2.05) is 0 Å². The van der Waals surface area contributed by atoms with Crippen LogP contribution in [-0.2, 0) is 24.3 Å². The summed E-state index contributed by atoms with van der Waals surface area (Å²) in [5.41, 5.74) is 9.56. The Bertz CT molecular complexity index is 1700. The Hall–Kier alpha value is -4.83. The molecule has 0 saturated heterocycles. The molecule has 222 valence electrons. The molecule has 2 aromatic rings. The highest BCUT2D eigenvalue weighted by molar-refractivity contribution is 6.18. The van der Waals surface area contributed by atoms with E-state index in [2.05, 4.69) is 23.1 Å². The van der Waals surface area contributed by atoms with Crippen molar-refractivity contribution in [3.8, 4) is 6.07 Å². The maximum atomic E-state index is 14.2. The standard InChI is InChI=1S/C31H32N6O6/c1-15(33)23-22(38)11-30(34)10-18-8-20-21(37(2)3)9-19(14-35-13-17-6-4-16(12-32)5-7-17)26(36-43)25(20)27(39)24(18)29(41)31(30,42)28(23)40/h4-7,9,18,35,38,41-42H,1,8,10-11,13-14,33-34H2,2-3H3/t18?,30-,31-/m1/s1. The van der Waals surface area contributed by atoms with Crippen LogP contribution >= 0.6 is 0 Å². The number of fused-ring (bicyclic) bond motifs is 3. The van der Waals surface area contributed by atoms with Crippen molar-refractivity contribution in [2.24, 2.45) is 22.6 Å². The highest BCUT2D eigenvalue weighted by Gasteiger charge is 2.65. The van der Waals surface area contributed by atoms with E-state index < -0.39 is 45.7 Å². The number of nitroso groups, excluding NO2 is 1. The molecule has 2 aromatic carbocycles. The van der Waals surface area contributed by atoms with Gasteiger partial charge >= 0.3 is 0 Å².